The standard InChI is InChI=1S/C55H37NO/c1-4-14-38(15-5-1)39-24-29-44(30-25-39)56(45-31-26-40(27-32-45)41-28-34-50-49-21-11-13-23-53(49)57-54(50)36-41)46-33-35-48-47-20-10-12-22-51(47)55(52(48)37-46,42-16-6-2-7-17-42)43-18-8-3-9-19-43/h1-37H/i24D,25D,29D,30D. The first-order chi connectivity index (χ1) is 29.9. The second kappa shape index (κ2) is 13.4. The number of hydrogen-bond donors (Lipinski definition) is 0. The van der Waals surface area contributed by atoms with Crippen molar-refractivity contribution in [3.8, 4) is 33.4 Å². The lowest BCUT2D eigenvalue weighted by Gasteiger charge is -2.35. The maximum atomic E-state index is 9.61. The maximum absolute atomic E-state index is 9.61. The van der Waals surface area contributed by atoms with Crippen molar-refractivity contribution in [2.75, 3.05) is 4.90 Å². The van der Waals surface area contributed by atoms with Crippen molar-refractivity contribution in [2.45, 2.75) is 5.41 Å². The van der Waals surface area contributed by atoms with E-state index in [1.807, 2.05) is 95.9 Å². The number of rotatable bonds is 7. The Morgan fingerprint density at radius 1 is 0.368 bits per heavy atom. The molecule has 2 nitrogen and oxygen atoms in total. The molecule has 1 aliphatic rings. The van der Waals surface area contributed by atoms with Crippen LogP contribution in [0.5, 0.6) is 0 Å². The highest BCUT2D eigenvalue weighted by atomic mass is 16.3. The molecule has 0 spiro atoms. The molecule has 0 saturated heterocycles. The third kappa shape index (κ3) is 5.33. The van der Waals surface area contributed by atoms with Gasteiger partial charge >= 0.3 is 0 Å². The minimum absolute atomic E-state index is 0.0977. The molecule has 1 aromatic heterocycles. The zero-order valence-electron chi connectivity index (χ0n) is 34.9. The molecule has 0 unspecified atom stereocenters. The molecule has 0 aliphatic heterocycles. The number of hydrogen-bond acceptors (Lipinski definition) is 2. The third-order valence-corrected chi connectivity index (χ3v) is 11.4. The van der Waals surface area contributed by atoms with E-state index in [4.69, 9.17) is 4.42 Å². The first kappa shape index (κ1) is 28.9. The molecule has 268 valence electrons. The Morgan fingerprint density at radius 2 is 0.930 bits per heavy atom. The van der Waals surface area contributed by atoms with E-state index in [0.717, 1.165) is 60.9 Å². The average Bonchev–Trinajstić information content (AvgIpc) is 3.84. The van der Waals surface area contributed by atoms with Crippen LogP contribution in [0, 0.1) is 0 Å². The van der Waals surface area contributed by atoms with Crippen LogP contribution in [0.15, 0.2) is 229 Å². The van der Waals surface area contributed by atoms with Crippen LogP contribution in [0.4, 0.5) is 17.1 Å². The first-order valence-corrected chi connectivity index (χ1v) is 19.3. The first-order valence-electron chi connectivity index (χ1n) is 21.3. The van der Waals surface area contributed by atoms with Crippen molar-refractivity contribution in [3.63, 3.8) is 0 Å². The molecule has 1 aliphatic carbocycles. The third-order valence-electron chi connectivity index (χ3n) is 11.4. The molecule has 1 heterocycles. The Labute approximate surface area is 338 Å². The van der Waals surface area contributed by atoms with Crippen LogP contribution in [-0.2, 0) is 5.41 Å². The summed E-state index contributed by atoms with van der Waals surface area (Å²) >= 11 is 0. The summed E-state index contributed by atoms with van der Waals surface area (Å²) in [7, 11) is 0. The van der Waals surface area contributed by atoms with Crippen LogP contribution < -0.4 is 4.90 Å². The molecular formula is C55H37NO. The van der Waals surface area contributed by atoms with Crippen molar-refractivity contribution < 1.29 is 9.90 Å². The molecule has 0 saturated carbocycles. The Balaban J connectivity index is 1.14. The lowest BCUT2D eigenvalue weighted by molar-refractivity contribution is 0.669. The Bertz CT molecular complexity index is 3220. The van der Waals surface area contributed by atoms with Gasteiger partial charge in [0.1, 0.15) is 11.2 Å². The molecular weight excluding hydrogens is 691 g/mol. The summed E-state index contributed by atoms with van der Waals surface area (Å²) in [6.45, 7) is 0. The summed E-state index contributed by atoms with van der Waals surface area (Å²) in [5, 5.41) is 2.14. The monoisotopic (exact) mass is 731 g/mol. The molecule has 0 fully saturated rings. The Hall–Kier alpha value is -7.42. The van der Waals surface area contributed by atoms with Crippen LogP contribution in [0.3, 0.4) is 0 Å². The highest BCUT2D eigenvalue weighted by Gasteiger charge is 2.46. The Kier molecular flexibility index (Phi) is 6.81. The van der Waals surface area contributed by atoms with E-state index >= 15 is 0 Å². The van der Waals surface area contributed by atoms with Crippen LogP contribution in [-0.4, -0.2) is 0 Å². The van der Waals surface area contributed by atoms with E-state index in [-0.39, 0.29) is 35.4 Å². The fourth-order valence-corrected chi connectivity index (χ4v) is 8.85. The van der Waals surface area contributed by atoms with Crippen LogP contribution in [0.25, 0.3) is 55.3 Å². The zero-order chi connectivity index (χ0) is 41.2. The molecule has 9 aromatic carbocycles. The van der Waals surface area contributed by atoms with Gasteiger partial charge in [-0.05, 0) is 110 Å². The van der Waals surface area contributed by atoms with E-state index in [1.54, 1.807) is 0 Å². The maximum Gasteiger partial charge on any atom is 0.136 e. The predicted molar refractivity (Wildman–Crippen MR) is 237 cm³/mol. The fourth-order valence-electron chi connectivity index (χ4n) is 8.85. The summed E-state index contributed by atoms with van der Waals surface area (Å²) in [6, 6.07) is 67.4. The fraction of sp³-hybridized carbons (Fsp3) is 0.0182. The van der Waals surface area contributed by atoms with E-state index in [0.29, 0.717) is 16.9 Å². The van der Waals surface area contributed by atoms with Gasteiger partial charge in [0.2, 0.25) is 0 Å². The average molecular weight is 732 g/mol. The largest absolute Gasteiger partial charge is 0.456 e. The molecule has 11 rings (SSSR count). The summed E-state index contributed by atoms with van der Waals surface area (Å²) in [6.07, 6.45) is 0. The minimum atomic E-state index is -0.679. The van der Waals surface area contributed by atoms with Crippen molar-refractivity contribution in [3.05, 3.63) is 247 Å². The summed E-state index contributed by atoms with van der Waals surface area (Å²) in [4.78, 5) is 1.89. The van der Waals surface area contributed by atoms with Crippen LogP contribution in [0.1, 0.15) is 27.7 Å². The number of furan rings is 1. The quantitative estimate of drug-likeness (QED) is 0.162. The van der Waals surface area contributed by atoms with Crippen molar-refractivity contribution >= 4 is 39.0 Å². The van der Waals surface area contributed by atoms with E-state index in [9.17, 15) is 5.48 Å². The van der Waals surface area contributed by atoms with E-state index < -0.39 is 5.41 Å². The highest BCUT2D eigenvalue weighted by molar-refractivity contribution is 6.06. The lowest BCUT2D eigenvalue weighted by atomic mass is 9.67. The van der Waals surface area contributed by atoms with Gasteiger partial charge in [-0.1, -0.05) is 170 Å². The van der Waals surface area contributed by atoms with Gasteiger partial charge in [0.05, 0.1) is 10.9 Å². The van der Waals surface area contributed by atoms with E-state index in [1.165, 1.54) is 5.56 Å². The number of nitrogens with zero attached hydrogens (tertiary/aromatic N) is 1. The van der Waals surface area contributed by atoms with E-state index in [2.05, 4.69) is 109 Å². The number of benzene rings is 9. The molecule has 0 atom stereocenters. The van der Waals surface area contributed by atoms with Gasteiger partial charge in [-0.15, -0.1) is 0 Å². The van der Waals surface area contributed by atoms with Crippen molar-refractivity contribution in [2.24, 2.45) is 0 Å². The van der Waals surface area contributed by atoms with Gasteiger partial charge in [0.25, 0.3) is 0 Å². The SMILES string of the molecule is [2H]c1c([2H])c(N(c2ccc(-c3ccc4c(c3)oc3ccccc34)cc2)c2ccc3c(c2)C(c2ccccc2)(c2ccccc2)c2ccccc2-3)c([2H])c([2H])c1-c1ccccc1. The Morgan fingerprint density at radius 3 is 1.67 bits per heavy atom. The van der Waals surface area contributed by atoms with Gasteiger partial charge in [0, 0.05) is 27.8 Å². The molecule has 0 radical (unpaired) electrons. The molecule has 10 aromatic rings. The summed E-state index contributed by atoms with van der Waals surface area (Å²) < 4.78 is 44.2. The number of fused-ring (bicyclic) bond motifs is 6. The predicted octanol–water partition coefficient (Wildman–Crippen LogP) is 14.8. The summed E-state index contributed by atoms with van der Waals surface area (Å²) in [5.41, 5.74) is 12.2. The van der Waals surface area contributed by atoms with Gasteiger partial charge in [0.15, 0.2) is 0 Å². The van der Waals surface area contributed by atoms with Gasteiger partial charge in [-0.2, -0.15) is 0 Å². The van der Waals surface area contributed by atoms with Gasteiger partial charge in [-0.3, -0.25) is 0 Å². The smallest absolute Gasteiger partial charge is 0.136 e. The molecule has 57 heavy (non-hydrogen) atoms. The molecule has 0 bridgehead atoms. The van der Waals surface area contributed by atoms with Crippen LogP contribution in [0.2, 0.25) is 0 Å². The minimum Gasteiger partial charge on any atom is -0.456 e. The molecule has 2 heteroatoms. The molecule has 0 amide bonds. The second-order valence-corrected chi connectivity index (χ2v) is 14.5. The zero-order valence-corrected chi connectivity index (χ0v) is 30.9. The number of para-hydroxylation sites is 1. The lowest BCUT2D eigenvalue weighted by Crippen LogP contribution is -2.28. The highest BCUT2D eigenvalue weighted by Crippen LogP contribution is 2.57. The topological polar surface area (TPSA) is 16.4 Å². The molecule has 0 N–H and O–H groups in total. The van der Waals surface area contributed by atoms with Gasteiger partial charge < -0.3 is 9.32 Å². The van der Waals surface area contributed by atoms with Gasteiger partial charge in [-0.25, -0.2) is 0 Å². The number of anilines is 3. The summed E-state index contributed by atoms with van der Waals surface area (Å²) in [5.74, 6) is 0. The van der Waals surface area contributed by atoms with Crippen LogP contribution >= 0.6 is 0 Å². The normalized spacial score (nSPS) is 13.7. The van der Waals surface area contributed by atoms with Crippen molar-refractivity contribution in [1.29, 1.82) is 0 Å². The van der Waals surface area contributed by atoms with Crippen molar-refractivity contribution in [1.82, 2.24) is 0 Å². The second-order valence-electron chi connectivity index (χ2n) is 14.5.